The van der Waals surface area contributed by atoms with Crippen LogP contribution in [-0.2, 0) is 0 Å². The van der Waals surface area contributed by atoms with E-state index in [2.05, 4.69) is 22.9 Å². The van der Waals surface area contributed by atoms with Crippen molar-refractivity contribution in [3.63, 3.8) is 0 Å². The monoisotopic (exact) mass is 250 g/mol. The fourth-order valence-electron chi connectivity index (χ4n) is 1.78. The van der Waals surface area contributed by atoms with Crippen molar-refractivity contribution in [3.05, 3.63) is 24.3 Å². The molecule has 17 heavy (non-hydrogen) atoms. The van der Waals surface area contributed by atoms with Gasteiger partial charge in [-0.1, -0.05) is 23.5 Å². The Kier molecular flexibility index (Phi) is 3.35. The number of benzene rings is 1. The number of aliphatic hydroxyl groups is 1. The molecule has 0 aliphatic heterocycles. The van der Waals surface area contributed by atoms with E-state index in [-0.39, 0.29) is 0 Å². The Balaban J connectivity index is 2.30. The van der Waals surface area contributed by atoms with Crippen LogP contribution in [0.1, 0.15) is 20.8 Å². The molecule has 3 nitrogen and oxygen atoms in total. The normalized spacial score (nSPS) is 12.0. The molecule has 1 N–H and O–H groups in total. The van der Waals surface area contributed by atoms with Crippen LogP contribution in [0, 0.1) is 0 Å². The Morgan fingerprint density at radius 2 is 2.06 bits per heavy atom. The quantitative estimate of drug-likeness (QED) is 0.906. The average molecular weight is 250 g/mol. The molecule has 0 atom stereocenters. The van der Waals surface area contributed by atoms with Gasteiger partial charge in [-0.3, -0.25) is 0 Å². The zero-order valence-corrected chi connectivity index (χ0v) is 11.3. The summed E-state index contributed by atoms with van der Waals surface area (Å²) in [6.45, 7) is 7.18. The van der Waals surface area contributed by atoms with Crippen molar-refractivity contribution in [2.75, 3.05) is 18.0 Å². The van der Waals surface area contributed by atoms with Gasteiger partial charge in [-0.05, 0) is 32.9 Å². The summed E-state index contributed by atoms with van der Waals surface area (Å²) in [5.74, 6) is 0. The van der Waals surface area contributed by atoms with Crippen LogP contribution in [0.3, 0.4) is 0 Å². The van der Waals surface area contributed by atoms with Crippen molar-refractivity contribution in [1.29, 1.82) is 0 Å². The van der Waals surface area contributed by atoms with E-state index in [0.717, 1.165) is 17.2 Å². The van der Waals surface area contributed by atoms with Crippen LogP contribution in [0.4, 0.5) is 5.13 Å². The van der Waals surface area contributed by atoms with Crippen molar-refractivity contribution in [2.45, 2.75) is 26.4 Å². The molecule has 4 heteroatoms. The fourth-order valence-corrected chi connectivity index (χ4v) is 2.81. The molecule has 1 aromatic carbocycles. The zero-order chi connectivity index (χ0) is 12.5. The molecule has 0 radical (unpaired) electrons. The minimum Gasteiger partial charge on any atom is -0.389 e. The van der Waals surface area contributed by atoms with Crippen LogP contribution < -0.4 is 4.90 Å². The van der Waals surface area contributed by atoms with Gasteiger partial charge >= 0.3 is 0 Å². The molecular formula is C13H18N2OS. The molecule has 0 aliphatic rings. The second kappa shape index (κ2) is 4.63. The molecule has 0 saturated carbocycles. The predicted octanol–water partition coefficient (Wildman–Crippen LogP) is 2.89. The first kappa shape index (κ1) is 12.3. The van der Waals surface area contributed by atoms with Crippen molar-refractivity contribution in [2.24, 2.45) is 0 Å². The van der Waals surface area contributed by atoms with E-state index in [0.29, 0.717) is 6.54 Å². The Hall–Kier alpha value is -1.13. The fraction of sp³-hybridized carbons (Fsp3) is 0.462. The molecule has 2 aromatic rings. The Morgan fingerprint density at radius 3 is 2.65 bits per heavy atom. The van der Waals surface area contributed by atoms with Crippen molar-refractivity contribution in [3.8, 4) is 0 Å². The molecule has 0 bridgehead atoms. The first-order valence-electron chi connectivity index (χ1n) is 5.82. The third kappa shape index (κ3) is 2.96. The number of fused-ring (bicyclic) bond motifs is 1. The van der Waals surface area contributed by atoms with Gasteiger partial charge in [-0.15, -0.1) is 0 Å². The average Bonchev–Trinajstić information content (AvgIpc) is 2.67. The van der Waals surface area contributed by atoms with E-state index < -0.39 is 5.60 Å². The van der Waals surface area contributed by atoms with Gasteiger partial charge in [0.2, 0.25) is 0 Å². The lowest BCUT2D eigenvalue weighted by molar-refractivity contribution is 0.0876. The number of para-hydroxylation sites is 1. The Bertz CT molecular complexity index is 468. The lowest BCUT2D eigenvalue weighted by Gasteiger charge is -2.27. The molecule has 0 saturated heterocycles. The van der Waals surface area contributed by atoms with Crippen molar-refractivity contribution in [1.82, 2.24) is 4.98 Å². The molecule has 1 aromatic heterocycles. The van der Waals surface area contributed by atoms with Crippen LogP contribution in [0.2, 0.25) is 0 Å². The minimum absolute atomic E-state index is 0.601. The maximum absolute atomic E-state index is 9.89. The van der Waals surface area contributed by atoms with Gasteiger partial charge in [0.05, 0.1) is 15.8 Å². The number of likely N-dealkylation sites (N-methyl/N-ethyl adjacent to an activating group) is 1. The van der Waals surface area contributed by atoms with Crippen LogP contribution >= 0.6 is 11.3 Å². The predicted molar refractivity (Wildman–Crippen MR) is 73.8 cm³/mol. The van der Waals surface area contributed by atoms with Crippen LogP contribution in [0.25, 0.3) is 10.2 Å². The van der Waals surface area contributed by atoms with E-state index >= 15 is 0 Å². The molecule has 0 fully saturated rings. The van der Waals surface area contributed by atoms with Gasteiger partial charge in [-0.25, -0.2) is 4.98 Å². The van der Waals surface area contributed by atoms with E-state index in [9.17, 15) is 5.11 Å². The van der Waals surface area contributed by atoms with E-state index in [1.807, 2.05) is 32.0 Å². The summed E-state index contributed by atoms with van der Waals surface area (Å²) in [6, 6.07) is 8.12. The topological polar surface area (TPSA) is 36.4 Å². The molecule has 2 rings (SSSR count). The number of hydrogen-bond donors (Lipinski definition) is 1. The number of rotatable bonds is 4. The third-order valence-electron chi connectivity index (χ3n) is 2.51. The summed E-state index contributed by atoms with van der Waals surface area (Å²) < 4.78 is 1.19. The highest BCUT2D eigenvalue weighted by Crippen LogP contribution is 2.29. The van der Waals surface area contributed by atoms with Crippen molar-refractivity contribution >= 4 is 26.7 Å². The van der Waals surface area contributed by atoms with Gasteiger partial charge in [0.25, 0.3) is 0 Å². The van der Waals surface area contributed by atoms with Gasteiger partial charge < -0.3 is 10.0 Å². The Morgan fingerprint density at radius 1 is 1.35 bits per heavy atom. The largest absolute Gasteiger partial charge is 0.389 e. The maximum atomic E-state index is 9.89. The number of hydrogen-bond acceptors (Lipinski definition) is 4. The second-order valence-electron chi connectivity index (χ2n) is 4.79. The summed E-state index contributed by atoms with van der Waals surface area (Å²) >= 11 is 1.67. The van der Waals surface area contributed by atoms with Crippen LogP contribution in [0.5, 0.6) is 0 Å². The van der Waals surface area contributed by atoms with E-state index in [1.165, 1.54) is 4.70 Å². The highest BCUT2D eigenvalue weighted by molar-refractivity contribution is 7.22. The second-order valence-corrected chi connectivity index (χ2v) is 5.80. The SMILES string of the molecule is CCN(CC(C)(C)O)c1nc2ccccc2s1. The van der Waals surface area contributed by atoms with Crippen LogP contribution in [-0.4, -0.2) is 28.8 Å². The van der Waals surface area contributed by atoms with Gasteiger partial charge in [0.1, 0.15) is 0 Å². The van der Waals surface area contributed by atoms with E-state index in [4.69, 9.17) is 0 Å². The lowest BCUT2D eigenvalue weighted by atomic mass is 10.1. The summed E-state index contributed by atoms with van der Waals surface area (Å²) in [4.78, 5) is 6.72. The highest BCUT2D eigenvalue weighted by Gasteiger charge is 2.19. The standard InChI is InChI=1S/C13H18N2OS/c1-4-15(9-13(2,3)16)12-14-10-7-5-6-8-11(10)17-12/h5-8,16H,4,9H2,1-3H3. The number of aromatic nitrogens is 1. The van der Waals surface area contributed by atoms with Crippen LogP contribution in [0.15, 0.2) is 24.3 Å². The van der Waals surface area contributed by atoms with Gasteiger partial charge in [0, 0.05) is 13.1 Å². The zero-order valence-electron chi connectivity index (χ0n) is 10.5. The third-order valence-corrected chi connectivity index (χ3v) is 3.61. The summed E-state index contributed by atoms with van der Waals surface area (Å²) in [7, 11) is 0. The first-order chi connectivity index (χ1) is 7.99. The number of thiazole rings is 1. The minimum atomic E-state index is -0.701. The summed E-state index contributed by atoms with van der Waals surface area (Å²) in [5.41, 5.74) is 0.329. The van der Waals surface area contributed by atoms with Crippen molar-refractivity contribution < 1.29 is 5.11 Å². The molecule has 0 amide bonds. The number of anilines is 1. The van der Waals surface area contributed by atoms with Gasteiger partial charge in [-0.2, -0.15) is 0 Å². The Labute approximate surface area is 106 Å². The first-order valence-corrected chi connectivity index (χ1v) is 6.64. The summed E-state index contributed by atoms with van der Waals surface area (Å²) in [5, 5.41) is 10.9. The van der Waals surface area contributed by atoms with E-state index in [1.54, 1.807) is 11.3 Å². The molecule has 0 unspecified atom stereocenters. The van der Waals surface area contributed by atoms with Gasteiger partial charge in [0.15, 0.2) is 5.13 Å². The molecular weight excluding hydrogens is 232 g/mol. The highest BCUT2D eigenvalue weighted by atomic mass is 32.1. The molecule has 92 valence electrons. The molecule has 0 spiro atoms. The maximum Gasteiger partial charge on any atom is 0.186 e. The lowest BCUT2D eigenvalue weighted by Crippen LogP contribution is -2.38. The summed E-state index contributed by atoms with van der Waals surface area (Å²) in [6.07, 6.45) is 0. The molecule has 1 heterocycles. The smallest absolute Gasteiger partial charge is 0.186 e. The molecule has 0 aliphatic carbocycles. The number of nitrogens with zero attached hydrogens (tertiary/aromatic N) is 2.